The van der Waals surface area contributed by atoms with E-state index in [-0.39, 0.29) is 13.0 Å². The largest absolute Gasteiger partial charge is 0.396 e. The quantitative estimate of drug-likeness (QED) is 0.498. The van der Waals surface area contributed by atoms with E-state index in [1.165, 1.54) is 19.3 Å². The third kappa shape index (κ3) is 7.30. The molecule has 0 rings (SSSR count). The van der Waals surface area contributed by atoms with Gasteiger partial charge in [-0.15, -0.1) is 0 Å². The van der Waals surface area contributed by atoms with Crippen LogP contribution in [0.1, 0.15) is 51.9 Å². The normalized spacial score (nSPS) is 15.4. The SMILES string of the molecule is CCCCCCC[C@@H](O)[C@H](O)CCO. The summed E-state index contributed by atoms with van der Waals surface area (Å²) in [5, 5.41) is 27.3. The highest BCUT2D eigenvalue weighted by Gasteiger charge is 2.14. The minimum atomic E-state index is -0.758. The second-order valence-electron chi connectivity index (χ2n) is 3.85. The molecule has 3 heteroatoms. The van der Waals surface area contributed by atoms with Crippen molar-refractivity contribution in [3.05, 3.63) is 0 Å². The van der Waals surface area contributed by atoms with Gasteiger partial charge in [0.1, 0.15) is 0 Å². The van der Waals surface area contributed by atoms with Crippen LogP contribution in [-0.2, 0) is 0 Å². The van der Waals surface area contributed by atoms with Crippen LogP contribution in [0.4, 0.5) is 0 Å². The Hall–Kier alpha value is -0.120. The zero-order chi connectivity index (χ0) is 10.8. The van der Waals surface area contributed by atoms with Crippen molar-refractivity contribution >= 4 is 0 Å². The first kappa shape index (κ1) is 13.9. The van der Waals surface area contributed by atoms with Crippen molar-refractivity contribution in [2.45, 2.75) is 64.1 Å². The van der Waals surface area contributed by atoms with Gasteiger partial charge >= 0.3 is 0 Å². The highest BCUT2D eigenvalue weighted by molar-refractivity contribution is 4.66. The van der Waals surface area contributed by atoms with Crippen LogP contribution < -0.4 is 0 Å². The van der Waals surface area contributed by atoms with Gasteiger partial charge in [-0.3, -0.25) is 0 Å². The van der Waals surface area contributed by atoms with E-state index >= 15 is 0 Å². The second kappa shape index (κ2) is 9.44. The zero-order valence-electron chi connectivity index (χ0n) is 9.15. The van der Waals surface area contributed by atoms with Crippen LogP contribution in [0.2, 0.25) is 0 Å². The van der Waals surface area contributed by atoms with Crippen LogP contribution in [0.25, 0.3) is 0 Å². The lowest BCUT2D eigenvalue weighted by Gasteiger charge is -2.16. The average molecular weight is 204 g/mol. The summed E-state index contributed by atoms with van der Waals surface area (Å²) in [7, 11) is 0. The van der Waals surface area contributed by atoms with Gasteiger partial charge in [-0.25, -0.2) is 0 Å². The molecule has 0 aliphatic carbocycles. The Morgan fingerprint density at radius 2 is 1.43 bits per heavy atom. The van der Waals surface area contributed by atoms with Crippen LogP contribution in [0.15, 0.2) is 0 Å². The molecule has 0 heterocycles. The van der Waals surface area contributed by atoms with Crippen molar-refractivity contribution in [3.63, 3.8) is 0 Å². The Kier molecular flexibility index (Phi) is 9.35. The van der Waals surface area contributed by atoms with Crippen molar-refractivity contribution in [2.24, 2.45) is 0 Å². The molecule has 0 radical (unpaired) electrons. The molecular weight excluding hydrogens is 180 g/mol. The third-order valence-electron chi connectivity index (χ3n) is 2.47. The lowest BCUT2D eigenvalue weighted by atomic mass is 10.0. The molecule has 0 aliphatic rings. The molecule has 2 atom stereocenters. The predicted molar refractivity (Wildman–Crippen MR) is 57.1 cm³/mol. The van der Waals surface area contributed by atoms with Gasteiger partial charge in [-0.05, 0) is 12.8 Å². The lowest BCUT2D eigenvalue weighted by molar-refractivity contribution is -0.000102. The highest BCUT2D eigenvalue weighted by Crippen LogP contribution is 2.10. The van der Waals surface area contributed by atoms with Gasteiger partial charge in [0.05, 0.1) is 12.2 Å². The standard InChI is InChI=1S/C11H24O3/c1-2-3-4-5-6-7-10(13)11(14)8-9-12/h10-14H,2-9H2,1H3/t10-,11-/m1/s1. The number of unbranched alkanes of at least 4 members (excludes halogenated alkanes) is 4. The second-order valence-corrected chi connectivity index (χ2v) is 3.85. The van der Waals surface area contributed by atoms with Gasteiger partial charge in [0, 0.05) is 6.61 Å². The smallest absolute Gasteiger partial charge is 0.0820 e. The molecule has 0 fully saturated rings. The van der Waals surface area contributed by atoms with Crippen molar-refractivity contribution < 1.29 is 15.3 Å². The van der Waals surface area contributed by atoms with E-state index in [0.29, 0.717) is 6.42 Å². The molecule has 0 saturated carbocycles. The van der Waals surface area contributed by atoms with Gasteiger partial charge in [-0.2, -0.15) is 0 Å². The molecule has 0 aromatic carbocycles. The van der Waals surface area contributed by atoms with Crippen LogP contribution >= 0.6 is 0 Å². The van der Waals surface area contributed by atoms with E-state index in [0.717, 1.165) is 12.8 Å². The topological polar surface area (TPSA) is 60.7 Å². The van der Waals surface area contributed by atoms with Gasteiger partial charge < -0.3 is 15.3 Å². The van der Waals surface area contributed by atoms with Crippen molar-refractivity contribution in [1.29, 1.82) is 0 Å². The van der Waals surface area contributed by atoms with Crippen LogP contribution in [-0.4, -0.2) is 34.1 Å². The van der Waals surface area contributed by atoms with Gasteiger partial charge in [0.15, 0.2) is 0 Å². The maximum Gasteiger partial charge on any atom is 0.0820 e. The molecule has 0 bridgehead atoms. The van der Waals surface area contributed by atoms with E-state index in [9.17, 15) is 10.2 Å². The van der Waals surface area contributed by atoms with E-state index < -0.39 is 12.2 Å². The minimum Gasteiger partial charge on any atom is -0.396 e. The Labute approximate surface area is 86.8 Å². The van der Waals surface area contributed by atoms with Crippen LogP contribution in [0.3, 0.4) is 0 Å². The van der Waals surface area contributed by atoms with Crippen molar-refractivity contribution in [2.75, 3.05) is 6.61 Å². The maximum atomic E-state index is 9.44. The molecule has 0 aliphatic heterocycles. The summed E-state index contributed by atoms with van der Waals surface area (Å²) in [6.45, 7) is 2.11. The molecule has 3 N–H and O–H groups in total. The summed E-state index contributed by atoms with van der Waals surface area (Å²) in [5.74, 6) is 0. The monoisotopic (exact) mass is 204 g/mol. The summed E-state index contributed by atoms with van der Waals surface area (Å²) in [6.07, 6.45) is 5.25. The molecule has 0 unspecified atom stereocenters. The Bertz CT molecular complexity index is 117. The molecule has 3 nitrogen and oxygen atoms in total. The summed E-state index contributed by atoms with van der Waals surface area (Å²) < 4.78 is 0. The average Bonchev–Trinajstić information content (AvgIpc) is 2.17. The molecule has 0 amide bonds. The van der Waals surface area contributed by atoms with E-state index in [4.69, 9.17) is 5.11 Å². The molecule has 0 aromatic heterocycles. The molecule has 0 saturated heterocycles. The first-order chi connectivity index (χ1) is 6.72. The Balaban J connectivity index is 3.29. The van der Waals surface area contributed by atoms with Crippen LogP contribution in [0.5, 0.6) is 0 Å². The number of hydrogen-bond donors (Lipinski definition) is 3. The Morgan fingerprint density at radius 1 is 0.857 bits per heavy atom. The maximum absolute atomic E-state index is 9.44. The number of aliphatic hydroxyl groups excluding tert-OH is 3. The fourth-order valence-electron chi connectivity index (χ4n) is 1.47. The van der Waals surface area contributed by atoms with Gasteiger partial charge in [0.2, 0.25) is 0 Å². The van der Waals surface area contributed by atoms with Gasteiger partial charge in [-0.1, -0.05) is 39.0 Å². The summed E-state index contributed by atoms with van der Waals surface area (Å²) >= 11 is 0. The van der Waals surface area contributed by atoms with E-state index in [1.54, 1.807) is 0 Å². The first-order valence-electron chi connectivity index (χ1n) is 5.69. The molecular formula is C11H24O3. The molecule has 0 aromatic rings. The lowest BCUT2D eigenvalue weighted by Crippen LogP contribution is -2.26. The van der Waals surface area contributed by atoms with Gasteiger partial charge in [0.25, 0.3) is 0 Å². The zero-order valence-corrected chi connectivity index (χ0v) is 9.15. The van der Waals surface area contributed by atoms with Crippen molar-refractivity contribution in [1.82, 2.24) is 0 Å². The first-order valence-corrected chi connectivity index (χ1v) is 5.69. The van der Waals surface area contributed by atoms with Crippen molar-refractivity contribution in [3.8, 4) is 0 Å². The van der Waals surface area contributed by atoms with Crippen LogP contribution in [0, 0.1) is 0 Å². The summed E-state index contributed by atoms with van der Waals surface area (Å²) in [4.78, 5) is 0. The van der Waals surface area contributed by atoms with E-state index in [2.05, 4.69) is 6.92 Å². The molecule has 14 heavy (non-hydrogen) atoms. The minimum absolute atomic E-state index is 0.0614. The number of aliphatic hydroxyl groups is 3. The van der Waals surface area contributed by atoms with E-state index in [1.807, 2.05) is 0 Å². The molecule has 0 spiro atoms. The number of hydrogen-bond acceptors (Lipinski definition) is 3. The number of rotatable bonds is 9. The fraction of sp³-hybridized carbons (Fsp3) is 1.00. The predicted octanol–water partition coefficient (Wildman–Crippen LogP) is 1.45. The highest BCUT2D eigenvalue weighted by atomic mass is 16.3. The Morgan fingerprint density at radius 3 is 2.00 bits per heavy atom. The summed E-state index contributed by atoms with van der Waals surface area (Å²) in [6, 6.07) is 0. The molecule has 86 valence electrons. The third-order valence-corrected chi connectivity index (χ3v) is 2.47. The summed E-state index contributed by atoms with van der Waals surface area (Å²) in [5.41, 5.74) is 0. The fourth-order valence-corrected chi connectivity index (χ4v) is 1.47.